The Morgan fingerprint density at radius 1 is 1.41 bits per heavy atom. The number of likely N-dealkylation sites (N-methyl/N-ethyl adjacent to an activating group) is 1. The van der Waals surface area contributed by atoms with Gasteiger partial charge in [-0.2, -0.15) is 0 Å². The van der Waals surface area contributed by atoms with Gasteiger partial charge in [0.25, 0.3) is 0 Å². The van der Waals surface area contributed by atoms with E-state index in [1.165, 1.54) is 9.13 Å². The lowest BCUT2D eigenvalue weighted by atomic mass is 10.1. The van der Waals surface area contributed by atoms with E-state index in [1.54, 1.807) is 0 Å². The van der Waals surface area contributed by atoms with E-state index in [0.717, 1.165) is 30.2 Å². The van der Waals surface area contributed by atoms with E-state index in [9.17, 15) is 0 Å². The molecular weight excluding hydrogens is 327 g/mol. The van der Waals surface area contributed by atoms with Crippen LogP contribution in [0.5, 0.6) is 0 Å². The Labute approximate surface area is 115 Å². The summed E-state index contributed by atoms with van der Waals surface area (Å²) in [4.78, 5) is 4.29. The maximum Gasteiger partial charge on any atom is 0.196 e. The Bertz CT molecular complexity index is 508. The van der Waals surface area contributed by atoms with Crippen LogP contribution < -0.4 is 5.32 Å². The molecular formula is C13H15IN2O. The van der Waals surface area contributed by atoms with E-state index in [0.29, 0.717) is 0 Å². The summed E-state index contributed by atoms with van der Waals surface area (Å²) < 4.78 is 6.98. The quantitative estimate of drug-likeness (QED) is 0.868. The second-order valence-corrected chi connectivity index (χ2v) is 4.99. The fraction of sp³-hybridized carbons (Fsp3) is 0.308. The highest BCUT2D eigenvalue weighted by Gasteiger charge is 2.10. The Morgan fingerprint density at radius 2 is 2.24 bits per heavy atom. The molecule has 1 aromatic heterocycles. The number of rotatable bonds is 4. The van der Waals surface area contributed by atoms with Gasteiger partial charge in [-0.3, -0.25) is 0 Å². The van der Waals surface area contributed by atoms with Gasteiger partial charge in [0.1, 0.15) is 0 Å². The molecule has 0 aliphatic rings. The molecule has 1 N–H and O–H groups in total. The minimum atomic E-state index is 0.784. The van der Waals surface area contributed by atoms with Crippen LogP contribution in [0, 0.1) is 10.5 Å². The Kier molecular flexibility index (Phi) is 4.17. The third kappa shape index (κ3) is 2.87. The van der Waals surface area contributed by atoms with Crippen LogP contribution in [0.2, 0.25) is 0 Å². The van der Waals surface area contributed by atoms with Gasteiger partial charge < -0.3 is 9.73 Å². The number of halogens is 1. The first-order valence-electron chi connectivity index (χ1n) is 5.57. The summed E-state index contributed by atoms with van der Waals surface area (Å²) in [6, 6.07) is 6.21. The normalized spacial score (nSPS) is 10.8. The van der Waals surface area contributed by atoms with Gasteiger partial charge in [-0.25, -0.2) is 4.98 Å². The second kappa shape index (κ2) is 5.64. The highest BCUT2D eigenvalue weighted by Crippen LogP contribution is 2.27. The van der Waals surface area contributed by atoms with E-state index in [-0.39, 0.29) is 0 Å². The van der Waals surface area contributed by atoms with Crippen molar-refractivity contribution < 1.29 is 4.42 Å². The average molecular weight is 342 g/mol. The molecule has 0 bridgehead atoms. The van der Waals surface area contributed by atoms with Crippen molar-refractivity contribution >= 4 is 22.6 Å². The molecule has 2 rings (SSSR count). The summed E-state index contributed by atoms with van der Waals surface area (Å²) in [5, 5.41) is 3.08. The fourth-order valence-electron chi connectivity index (χ4n) is 1.62. The van der Waals surface area contributed by atoms with Crippen LogP contribution >= 0.6 is 22.6 Å². The largest absolute Gasteiger partial charge is 0.441 e. The molecule has 0 unspecified atom stereocenters. The van der Waals surface area contributed by atoms with Crippen molar-refractivity contribution in [3.63, 3.8) is 0 Å². The van der Waals surface area contributed by atoms with Gasteiger partial charge in [-0.05, 0) is 42.1 Å². The zero-order valence-corrected chi connectivity index (χ0v) is 12.1. The van der Waals surface area contributed by atoms with E-state index in [1.807, 2.05) is 19.3 Å². The molecule has 4 heteroatoms. The second-order valence-electron chi connectivity index (χ2n) is 3.91. The van der Waals surface area contributed by atoms with Crippen LogP contribution in [-0.2, 0) is 6.42 Å². The summed E-state index contributed by atoms with van der Waals surface area (Å²) in [6.07, 6.45) is 2.63. The smallest absolute Gasteiger partial charge is 0.196 e. The molecule has 0 fully saturated rings. The van der Waals surface area contributed by atoms with Gasteiger partial charge in [0.05, 0.1) is 6.20 Å². The molecule has 0 aliphatic heterocycles. The first kappa shape index (κ1) is 12.6. The summed E-state index contributed by atoms with van der Waals surface area (Å²) in [5.74, 6) is 1.64. The number of aromatic nitrogens is 1. The molecule has 0 aliphatic carbocycles. The van der Waals surface area contributed by atoms with E-state index in [4.69, 9.17) is 4.42 Å². The molecule has 0 radical (unpaired) electrons. The van der Waals surface area contributed by atoms with Crippen LogP contribution in [0.3, 0.4) is 0 Å². The summed E-state index contributed by atoms with van der Waals surface area (Å²) in [6.45, 7) is 2.98. The number of aryl methyl sites for hydroxylation is 1. The van der Waals surface area contributed by atoms with Gasteiger partial charge >= 0.3 is 0 Å². The molecule has 1 heterocycles. The Balaban J connectivity index is 2.27. The van der Waals surface area contributed by atoms with Crippen molar-refractivity contribution in [3.05, 3.63) is 39.4 Å². The first-order chi connectivity index (χ1) is 8.22. The number of nitrogens with one attached hydrogen (secondary N) is 1. The number of benzene rings is 1. The zero-order chi connectivity index (χ0) is 12.3. The number of hydrogen-bond donors (Lipinski definition) is 1. The Morgan fingerprint density at radius 3 is 3.00 bits per heavy atom. The van der Waals surface area contributed by atoms with Crippen LogP contribution in [0.4, 0.5) is 0 Å². The minimum Gasteiger partial charge on any atom is -0.441 e. The Hall–Kier alpha value is -0.880. The maximum atomic E-state index is 5.75. The molecule has 0 atom stereocenters. The first-order valence-corrected chi connectivity index (χ1v) is 6.65. The van der Waals surface area contributed by atoms with Crippen molar-refractivity contribution in [1.82, 2.24) is 10.3 Å². The molecule has 1 aromatic carbocycles. The monoisotopic (exact) mass is 342 g/mol. The summed E-state index contributed by atoms with van der Waals surface area (Å²) >= 11 is 2.35. The molecule has 0 saturated heterocycles. The standard InChI is InChI=1S/C13H15IN2O/c1-9-4-3-5-10(13(9)14)11-8-16-12(17-11)6-7-15-2/h3-5,8,15H,6-7H2,1-2H3. The van der Waals surface area contributed by atoms with E-state index < -0.39 is 0 Å². The third-order valence-corrected chi connectivity index (χ3v) is 4.03. The van der Waals surface area contributed by atoms with Crippen molar-refractivity contribution in [2.24, 2.45) is 0 Å². The van der Waals surface area contributed by atoms with E-state index >= 15 is 0 Å². The van der Waals surface area contributed by atoms with Gasteiger partial charge in [0, 0.05) is 22.1 Å². The predicted octanol–water partition coefficient (Wildman–Crippen LogP) is 3.02. The predicted molar refractivity (Wildman–Crippen MR) is 77.0 cm³/mol. The maximum absolute atomic E-state index is 5.75. The van der Waals surface area contributed by atoms with Crippen molar-refractivity contribution in [2.45, 2.75) is 13.3 Å². The van der Waals surface area contributed by atoms with Crippen molar-refractivity contribution in [3.8, 4) is 11.3 Å². The van der Waals surface area contributed by atoms with Crippen molar-refractivity contribution in [1.29, 1.82) is 0 Å². The average Bonchev–Trinajstić information content (AvgIpc) is 2.78. The third-order valence-electron chi connectivity index (χ3n) is 2.60. The van der Waals surface area contributed by atoms with Crippen LogP contribution in [-0.4, -0.2) is 18.6 Å². The molecule has 3 nitrogen and oxygen atoms in total. The van der Waals surface area contributed by atoms with Gasteiger partial charge in [-0.15, -0.1) is 0 Å². The molecule has 0 spiro atoms. The highest BCUT2D eigenvalue weighted by molar-refractivity contribution is 14.1. The molecule has 0 saturated carbocycles. The van der Waals surface area contributed by atoms with Crippen LogP contribution in [0.1, 0.15) is 11.5 Å². The summed E-state index contributed by atoms with van der Waals surface area (Å²) in [5.41, 5.74) is 2.38. The lowest BCUT2D eigenvalue weighted by molar-refractivity contribution is 0.500. The number of oxazole rings is 1. The van der Waals surface area contributed by atoms with Gasteiger partial charge in [-0.1, -0.05) is 18.2 Å². The topological polar surface area (TPSA) is 38.1 Å². The lowest BCUT2D eigenvalue weighted by Crippen LogP contribution is -2.10. The summed E-state index contributed by atoms with van der Waals surface area (Å²) in [7, 11) is 1.92. The highest BCUT2D eigenvalue weighted by atomic mass is 127. The number of hydrogen-bond acceptors (Lipinski definition) is 3. The lowest BCUT2D eigenvalue weighted by Gasteiger charge is -2.03. The zero-order valence-electron chi connectivity index (χ0n) is 9.96. The van der Waals surface area contributed by atoms with E-state index in [2.05, 4.69) is 51.9 Å². The molecule has 90 valence electrons. The van der Waals surface area contributed by atoms with Crippen LogP contribution in [0.15, 0.2) is 28.8 Å². The van der Waals surface area contributed by atoms with Gasteiger partial charge in [0.15, 0.2) is 11.7 Å². The minimum absolute atomic E-state index is 0.784. The van der Waals surface area contributed by atoms with Crippen molar-refractivity contribution in [2.75, 3.05) is 13.6 Å². The van der Waals surface area contributed by atoms with Crippen LogP contribution in [0.25, 0.3) is 11.3 Å². The number of nitrogens with zero attached hydrogens (tertiary/aromatic N) is 1. The SMILES string of the molecule is CNCCc1ncc(-c2cccc(C)c2I)o1. The molecule has 17 heavy (non-hydrogen) atoms. The molecule has 2 aromatic rings. The van der Waals surface area contributed by atoms with Gasteiger partial charge in [0.2, 0.25) is 0 Å². The molecule has 0 amide bonds. The fourth-order valence-corrected chi connectivity index (χ4v) is 2.25.